The highest BCUT2D eigenvalue weighted by Gasteiger charge is 2.14. The van der Waals surface area contributed by atoms with Gasteiger partial charge in [-0.25, -0.2) is 0 Å². The van der Waals surface area contributed by atoms with E-state index in [0.717, 1.165) is 31.7 Å². The SMILES string of the molecule is CCCNc1c(CN(C)CCC)c(C)nn1C. The molecule has 1 aromatic rings. The van der Waals surface area contributed by atoms with E-state index in [4.69, 9.17) is 0 Å². The normalized spacial score (nSPS) is 11.2. The number of hydrogen-bond acceptors (Lipinski definition) is 3. The van der Waals surface area contributed by atoms with Crippen molar-refractivity contribution in [1.29, 1.82) is 0 Å². The van der Waals surface area contributed by atoms with Gasteiger partial charge in [0, 0.05) is 25.7 Å². The Balaban J connectivity index is 2.81. The molecular formula is C13H26N4. The molecule has 0 saturated heterocycles. The first-order valence-corrected chi connectivity index (χ1v) is 6.55. The fourth-order valence-electron chi connectivity index (χ4n) is 2.09. The molecule has 0 spiro atoms. The summed E-state index contributed by atoms with van der Waals surface area (Å²) >= 11 is 0. The minimum absolute atomic E-state index is 0.972. The lowest BCUT2D eigenvalue weighted by Gasteiger charge is -2.17. The first kappa shape index (κ1) is 14.0. The number of aryl methyl sites for hydroxylation is 2. The summed E-state index contributed by atoms with van der Waals surface area (Å²) in [5.74, 6) is 1.17. The van der Waals surface area contributed by atoms with Crippen molar-refractivity contribution in [3.05, 3.63) is 11.3 Å². The Hall–Kier alpha value is -1.03. The van der Waals surface area contributed by atoms with E-state index in [1.54, 1.807) is 0 Å². The summed E-state index contributed by atoms with van der Waals surface area (Å²) in [6.45, 7) is 9.58. The van der Waals surface area contributed by atoms with E-state index in [2.05, 4.69) is 43.1 Å². The molecule has 0 fully saturated rings. The van der Waals surface area contributed by atoms with Crippen molar-refractivity contribution in [2.75, 3.05) is 25.5 Å². The molecule has 0 aliphatic carbocycles. The summed E-state index contributed by atoms with van der Waals surface area (Å²) < 4.78 is 1.96. The van der Waals surface area contributed by atoms with Crippen LogP contribution in [0.2, 0.25) is 0 Å². The topological polar surface area (TPSA) is 33.1 Å². The smallest absolute Gasteiger partial charge is 0.128 e. The Bertz CT molecular complexity index is 343. The molecular weight excluding hydrogens is 212 g/mol. The molecule has 1 heterocycles. The number of rotatable bonds is 7. The van der Waals surface area contributed by atoms with Crippen LogP contribution >= 0.6 is 0 Å². The molecule has 0 atom stereocenters. The molecule has 0 bridgehead atoms. The molecule has 0 aliphatic rings. The van der Waals surface area contributed by atoms with Crippen LogP contribution in [0.25, 0.3) is 0 Å². The molecule has 0 amide bonds. The van der Waals surface area contributed by atoms with E-state index in [1.807, 2.05) is 11.7 Å². The highest BCUT2D eigenvalue weighted by molar-refractivity contribution is 5.47. The molecule has 4 nitrogen and oxygen atoms in total. The third-order valence-electron chi connectivity index (χ3n) is 2.92. The quantitative estimate of drug-likeness (QED) is 0.792. The van der Waals surface area contributed by atoms with Crippen molar-refractivity contribution in [2.24, 2.45) is 7.05 Å². The standard InChI is InChI=1S/C13H26N4/c1-6-8-14-13-12(10-16(4)9-7-2)11(3)15-17(13)5/h14H,6-10H2,1-5H3. The molecule has 4 heteroatoms. The number of aromatic nitrogens is 2. The lowest BCUT2D eigenvalue weighted by Crippen LogP contribution is -2.20. The van der Waals surface area contributed by atoms with Crippen molar-refractivity contribution < 1.29 is 0 Å². The monoisotopic (exact) mass is 238 g/mol. The van der Waals surface area contributed by atoms with Crippen LogP contribution in [0.1, 0.15) is 37.9 Å². The van der Waals surface area contributed by atoms with Crippen molar-refractivity contribution in [3.8, 4) is 0 Å². The molecule has 1 rings (SSSR count). The number of nitrogens with one attached hydrogen (secondary N) is 1. The molecule has 0 aliphatic heterocycles. The van der Waals surface area contributed by atoms with E-state index >= 15 is 0 Å². The van der Waals surface area contributed by atoms with E-state index in [-0.39, 0.29) is 0 Å². The van der Waals surface area contributed by atoms with Gasteiger partial charge in [0.2, 0.25) is 0 Å². The molecule has 17 heavy (non-hydrogen) atoms. The fourth-order valence-corrected chi connectivity index (χ4v) is 2.09. The molecule has 1 aromatic heterocycles. The van der Waals surface area contributed by atoms with Gasteiger partial charge in [-0.2, -0.15) is 5.10 Å². The third kappa shape index (κ3) is 3.73. The third-order valence-corrected chi connectivity index (χ3v) is 2.92. The molecule has 0 radical (unpaired) electrons. The summed E-state index contributed by atoms with van der Waals surface area (Å²) in [5.41, 5.74) is 2.46. The maximum absolute atomic E-state index is 4.50. The van der Waals surface area contributed by atoms with Gasteiger partial charge in [0.05, 0.1) is 5.69 Å². The maximum atomic E-state index is 4.50. The minimum Gasteiger partial charge on any atom is -0.370 e. The van der Waals surface area contributed by atoms with Gasteiger partial charge < -0.3 is 10.2 Å². The number of anilines is 1. The largest absolute Gasteiger partial charge is 0.370 e. The van der Waals surface area contributed by atoms with Crippen LogP contribution in [0.3, 0.4) is 0 Å². The zero-order valence-electron chi connectivity index (χ0n) is 11.9. The van der Waals surface area contributed by atoms with Crippen LogP contribution in [-0.2, 0) is 13.6 Å². The first-order chi connectivity index (χ1) is 8.10. The Morgan fingerprint density at radius 2 is 2.00 bits per heavy atom. The van der Waals surface area contributed by atoms with E-state index < -0.39 is 0 Å². The predicted molar refractivity (Wildman–Crippen MR) is 73.4 cm³/mol. The average Bonchev–Trinajstić information content (AvgIpc) is 2.52. The molecule has 0 saturated carbocycles. The Morgan fingerprint density at radius 1 is 1.29 bits per heavy atom. The van der Waals surface area contributed by atoms with Gasteiger partial charge in [-0.05, 0) is 33.4 Å². The van der Waals surface area contributed by atoms with Crippen LogP contribution in [0.4, 0.5) is 5.82 Å². The summed E-state index contributed by atoms with van der Waals surface area (Å²) in [7, 11) is 4.17. The van der Waals surface area contributed by atoms with Gasteiger partial charge in [0.15, 0.2) is 0 Å². The summed E-state index contributed by atoms with van der Waals surface area (Å²) in [6.07, 6.45) is 2.32. The van der Waals surface area contributed by atoms with Crippen molar-refractivity contribution in [2.45, 2.75) is 40.2 Å². The fraction of sp³-hybridized carbons (Fsp3) is 0.769. The summed E-state index contributed by atoms with van der Waals surface area (Å²) in [4.78, 5) is 2.35. The van der Waals surface area contributed by atoms with E-state index in [9.17, 15) is 0 Å². The Kier molecular flexibility index (Phi) is 5.48. The zero-order chi connectivity index (χ0) is 12.8. The second kappa shape index (κ2) is 6.64. The second-order valence-electron chi connectivity index (χ2n) is 4.70. The Labute approximate surface area is 105 Å². The molecule has 1 N–H and O–H groups in total. The van der Waals surface area contributed by atoms with Crippen molar-refractivity contribution >= 4 is 5.82 Å². The molecule has 98 valence electrons. The highest BCUT2D eigenvalue weighted by Crippen LogP contribution is 2.20. The van der Waals surface area contributed by atoms with Gasteiger partial charge >= 0.3 is 0 Å². The zero-order valence-corrected chi connectivity index (χ0v) is 11.9. The summed E-state index contributed by atoms with van der Waals surface area (Å²) in [5, 5.41) is 7.98. The van der Waals surface area contributed by atoms with Crippen LogP contribution in [0.5, 0.6) is 0 Å². The van der Waals surface area contributed by atoms with Crippen LogP contribution < -0.4 is 5.32 Å². The number of nitrogens with zero attached hydrogens (tertiary/aromatic N) is 3. The van der Waals surface area contributed by atoms with Gasteiger partial charge in [-0.1, -0.05) is 13.8 Å². The first-order valence-electron chi connectivity index (χ1n) is 6.55. The highest BCUT2D eigenvalue weighted by atomic mass is 15.3. The minimum atomic E-state index is 0.972. The lowest BCUT2D eigenvalue weighted by molar-refractivity contribution is 0.327. The lowest BCUT2D eigenvalue weighted by atomic mass is 10.2. The van der Waals surface area contributed by atoms with Crippen molar-refractivity contribution in [1.82, 2.24) is 14.7 Å². The van der Waals surface area contributed by atoms with Gasteiger partial charge in [-0.3, -0.25) is 4.68 Å². The second-order valence-corrected chi connectivity index (χ2v) is 4.70. The van der Waals surface area contributed by atoms with Crippen LogP contribution in [0, 0.1) is 6.92 Å². The summed E-state index contributed by atoms with van der Waals surface area (Å²) in [6, 6.07) is 0. The molecule has 0 unspecified atom stereocenters. The van der Waals surface area contributed by atoms with Crippen LogP contribution in [0.15, 0.2) is 0 Å². The van der Waals surface area contributed by atoms with Gasteiger partial charge in [-0.15, -0.1) is 0 Å². The maximum Gasteiger partial charge on any atom is 0.128 e. The van der Waals surface area contributed by atoms with Crippen LogP contribution in [-0.4, -0.2) is 34.8 Å². The average molecular weight is 238 g/mol. The van der Waals surface area contributed by atoms with Gasteiger partial charge in [0.25, 0.3) is 0 Å². The Morgan fingerprint density at radius 3 is 2.59 bits per heavy atom. The molecule has 0 aromatic carbocycles. The predicted octanol–water partition coefficient (Wildman–Crippen LogP) is 2.39. The van der Waals surface area contributed by atoms with Crippen molar-refractivity contribution in [3.63, 3.8) is 0 Å². The number of hydrogen-bond donors (Lipinski definition) is 1. The van der Waals surface area contributed by atoms with E-state index in [1.165, 1.54) is 17.8 Å². The van der Waals surface area contributed by atoms with E-state index in [0.29, 0.717) is 0 Å². The van der Waals surface area contributed by atoms with Gasteiger partial charge in [0.1, 0.15) is 5.82 Å².